The smallest absolute Gasteiger partial charge is 0.330 e. The van der Waals surface area contributed by atoms with Crippen molar-refractivity contribution in [2.75, 3.05) is 38.7 Å². The highest BCUT2D eigenvalue weighted by Gasteiger charge is 2.57. The molecule has 7 nitrogen and oxygen atoms in total. The third-order valence-electron chi connectivity index (χ3n) is 5.33. The number of morpholine rings is 1. The Morgan fingerprint density at radius 1 is 1.22 bits per heavy atom. The van der Waals surface area contributed by atoms with Gasteiger partial charge in [0.25, 0.3) is 5.91 Å². The molecule has 0 N–H and O–H groups in total. The van der Waals surface area contributed by atoms with E-state index in [1.807, 2.05) is 30.3 Å². The standard InChI is InChI=1S/C19H22N2O5S/c22-16-6-7-19(14-4-2-1-3-5-14)21(16)15(13-27-19)18(24)26-12-17(23)20-8-10-25-11-9-20/h1-5,15H,6-13H2/t15-,19-/m1/s1. The number of hydrogen-bond acceptors (Lipinski definition) is 6. The van der Waals surface area contributed by atoms with Crippen molar-refractivity contribution in [1.29, 1.82) is 0 Å². The van der Waals surface area contributed by atoms with Gasteiger partial charge >= 0.3 is 5.97 Å². The average Bonchev–Trinajstić information content (AvgIpc) is 3.26. The number of fused-ring (bicyclic) bond motifs is 1. The van der Waals surface area contributed by atoms with Crippen molar-refractivity contribution in [1.82, 2.24) is 9.80 Å². The lowest BCUT2D eigenvalue weighted by atomic mass is 10.0. The van der Waals surface area contributed by atoms with Crippen LogP contribution < -0.4 is 0 Å². The third kappa shape index (κ3) is 3.32. The second-order valence-corrected chi connectivity index (χ2v) is 8.14. The number of esters is 1. The van der Waals surface area contributed by atoms with E-state index in [1.165, 1.54) is 0 Å². The Kier molecular flexibility index (Phi) is 5.10. The summed E-state index contributed by atoms with van der Waals surface area (Å²) in [4.78, 5) is 40.2. The van der Waals surface area contributed by atoms with E-state index in [9.17, 15) is 14.4 Å². The van der Waals surface area contributed by atoms with Crippen molar-refractivity contribution in [3.8, 4) is 0 Å². The molecule has 0 aromatic heterocycles. The van der Waals surface area contributed by atoms with Crippen LogP contribution in [0.3, 0.4) is 0 Å². The van der Waals surface area contributed by atoms with Crippen LogP contribution in [-0.2, 0) is 28.7 Å². The van der Waals surface area contributed by atoms with Gasteiger partial charge in [-0.15, -0.1) is 11.8 Å². The van der Waals surface area contributed by atoms with Gasteiger partial charge in [-0.3, -0.25) is 9.59 Å². The molecular formula is C19H22N2O5S. The van der Waals surface area contributed by atoms with Crippen molar-refractivity contribution >= 4 is 29.5 Å². The van der Waals surface area contributed by atoms with E-state index in [0.29, 0.717) is 44.9 Å². The molecular weight excluding hydrogens is 368 g/mol. The molecule has 0 bridgehead atoms. The molecule has 27 heavy (non-hydrogen) atoms. The monoisotopic (exact) mass is 390 g/mol. The minimum Gasteiger partial charge on any atom is -0.454 e. The van der Waals surface area contributed by atoms with Crippen LogP contribution in [0.1, 0.15) is 18.4 Å². The Labute approximate surface area is 162 Å². The summed E-state index contributed by atoms with van der Waals surface area (Å²) in [6.07, 6.45) is 1.09. The van der Waals surface area contributed by atoms with Crippen molar-refractivity contribution in [3.63, 3.8) is 0 Å². The second-order valence-electron chi connectivity index (χ2n) is 6.84. The SMILES string of the molecule is O=C(OCC(=O)N1CCOCC1)[C@H]1CS[C@@]2(c3ccccc3)CCC(=O)N12. The zero-order valence-electron chi connectivity index (χ0n) is 15.0. The van der Waals surface area contributed by atoms with Crippen molar-refractivity contribution in [2.24, 2.45) is 0 Å². The number of carbonyl (C=O) groups excluding carboxylic acids is 3. The molecule has 144 valence electrons. The Morgan fingerprint density at radius 3 is 2.70 bits per heavy atom. The molecule has 3 fully saturated rings. The van der Waals surface area contributed by atoms with Crippen LogP contribution in [0.15, 0.2) is 30.3 Å². The number of thioether (sulfide) groups is 1. The Balaban J connectivity index is 1.44. The van der Waals surface area contributed by atoms with Gasteiger partial charge in [-0.2, -0.15) is 0 Å². The van der Waals surface area contributed by atoms with Crippen LogP contribution in [0.4, 0.5) is 0 Å². The predicted octanol–water partition coefficient (Wildman–Crippen LogP) is 0.979. The normalized spacial score (nSPS) is 27.6. The molecule has 0 unspecified atom stereocenters. The Morgan fingerprint density at radius 2 is 1.96 bits per heavy atom. The quantitative estimate of drug-likeness (QED) is 0.714. The van der Waals surface area contributed by atoms with Gasteiger partial charge in [0.15, 0.2) is 6.61 Å². The largest absolute Gasteiger partial charge is 0.454 e. The lowest BCUT2D eigenvalue weighted by Crippen LogP contribution is -2.48. The van der Waals surface area contributed by atoms with E-state index in [1.54, 1.807) is 21.6 Å². The van der Waals surface area contributed by atoms with E-state index < -0.39 is 16.9 Å². The average molecular weight is 390 g/mol. The molecule has 4 rings (SSSR count). The Hall–Kier alpha value is -2.06. The maximum absolute atomic E-state index is 12.7. The minimum absolute atomic E-state index is 0.0368. The Bertz CT molecular complexity index is 737. The number of benzene rings is 1. The van der Waals surface area contributed by atoms with Gasteiger partial charge in [0, 0.05) is 25.3 Å². The fourth-order valence-electron chi connectivity index (χ4n) is 3.95. The highest BCUT2D eigenvalue weighted by Crippen LogP contribution is 2.54. The fourth-order valence-corrected chi connectivity index (χ4v) is 5.59. The first kappa shape index (κ1) is 18.3. The first-order valence-corrected chi connectivity index (χ1v) is 10.1. The van der Waals surface area contributed by atoms with E-state index >= 15 is 0 Å². The van der Waals surface area contributed by atoms with E-state index in [-0.39, 0.29) is 18.4 Å². The third-order valence-corrected chi connectivity index (χ3v) is 6.92. The van der Waals surface area contributed by atoms with Gasteiger partial charge in [-0.1, -0.05) is 30.3 Å². The minimum atomic E-state index is -0.650. The summed E-state index contributed by atoms with van der Waals surface area (Å²) in [5.74, 6) is -0.285. The summed E-state index contributed by atoms with van der Waals surface area (Å²) in [6.45, 7) is 1.73. The molecule has 0 saturated carbocycles. The summed E-state index contributed by atoms with van der Waals surface area (Å²) in [5.41, 5.74) is 1.03. The van der Waals surface area contributed by atoms with Gasteiger partial charge in [-0.05, 0) is 12.0 Å². The van der Waals surface area contributed by atoms with Crippen LogP contribution in [-0.4, -0.2) is 72.3 Å². The highest BCUT2D eigenvalue weighted by atomic mass is 32.2. The number of amides is 2. The fraction of sp³-hybridized carbons (Fsp3) is 0.526. The van der Waals surface area contributed by atoms with Crippen molar-refractivity contribution < 1.29 is 23.9 Å². The van der Waals surface area contributed by atoms with E-state index in [4.69, 9.17) is 9.47 Å². The lowest BCUT2D eigenvalue weighted by Gasteiger charge is -2.33. The van der Waals surface area contributed by atoms with Crippen molar-refractivity contribution in [3.05, 3.63) is 35.9 Å². The first-order chi connectivity index (χ1) is 13.1. The molecule has 1 aromatic carbocycles. The van der Waals surface area contributed by atoms with Gasteiger partial charge in [0.1, 0.15) is 10.9 Å². The molecule has 8 heteroatoms. The molecule has 3 heterocycles. The summed E-state index contributed by atoms with van der Waals surface area (Å²) in [5, 5.41) is 0. The second kappa shape index (κ2) is 7.52. The van der Waals surface area contributed by atoms with Gasteiger partial charge in [0.05, 0.1) is 13.2 Å². The maximum Gasteiger partial charge on any atom is 0.330 e. The van der Waals surface area contributed by atoms with Crippen molar-refractivity contribution in [2.45, 2.75) is 23.8 Å². The number of ether oxygens (including phenoxy) is 2. The molecule has 0 aliphatic carbocycles. The predicted molar refractivity (Wildman–Crippen MR) is 98.8 cm³/mol. The molecule has 0 spiro atoms. The van der Waals surface area contributed by atoms with Crippen LogP contribution in [0, 0.1) is 0 Å². The number of nitrogens with zero attached hydrogens (tertiary/aromatic N) is 2. The number of hydrogen-bond donors (Lipinski definition) is 0. The van der Waals surface area contributed by atoms with E-state index in [2.05, 4.69) is 0 Å². The molecule has 2 amide bonds. The topological polar surface area (TPSA) is 76.1 Å². The van der Waals surface area contributed by atoms with Gasteiger partial charge in [-0.25, -0.2) is 4.79 Å². The van der Waals surface area contributed by atoms with Gasteiger partial charge < -0.3 is 19.3 Å². The summed E-state index contributed by atoms with van der Waals surface area (Å²) in [7, 11) is 0. The van der Waals surface area contributed by atoms with Crippen LogP contribution in [0.25, 0.3) is 0 Å². The molecule has 1 aromatic rings. The summed E-state index contributed by atoms with van der Waals surface area (Å²) >= 11 is 1.61. The summed E-state index contributed by atoms with van der Waals surface area (Å²) < 4.78 is 10.5. The molecule has 0 radical (unpaired) electrons. The van der Waals surface area contributed by atoms with Gasteiger partial charge in [0.2, 0.25) is 5.91 Å². The van der Waals surface area contributed by atoms with Crippen LogP contribution in [0.2, 0.25) is 0 Å². The number of carbonyl (C=O) groups is 3. The van der Waals surface area contributed by atoms with E-state index in [0.717, 1.165) is 5.56 Å². The van der Waals surface area contributed by atoms with Crippen LogP contribution >= 0.6 is 11.8 Å². The van der Waals surface area contributed by atoms with Crippen LogP contribution in [0.5, 0.6) is 0 Å². The summed E-state index contributed by atoms with van der Waals surface area (Å²) in [6, 6.07) is 9.16. The maximum atomic E-state index is 12.7. The molecule has 3 aliphatic rings. The first-order valence-electron chi connectivity index (χ1n) is 9.16. The number of rotatable bonds is 4. The zero-order chi connectivity index (χ0) is 18.9. The lowest BCUT2D eigenvalue weighted by molar-refractivity contribution is -0.159. The zero-order valence-corrected chi connectivity index (χ0v) is 15.8. The molecule has 2 atom stereocenters. The highest BCUT2D eigenvalue weighted by molar-refractivity contribution is 8.00. The molecule has 3 aliphatic heterocycles. The molecule has 3 saturated heterocycles.